The van der Waals surface area contributed by atoms with Crippen LogP contribution in [0.15, 0.2) is 6.20 Å². The smallest absolute Gasteiger partial charge is 0.150 e. The topological polar surface area (TPSA) is 67.3 Å². The van der Waals surface area contributed by atoms with Crippen LogP contribution < -0.4 is 0 Å². The second-order valence-electron chi connectivity index (χ2n) is 4.66. The number of nitrogens with zero attached hydrogens (tertiary/aromatic N) is 1. The summed E-state index contributed by atoms with van der Waals surface area (Å²) in [5, 5.41) is 10.3. The Morgan fingerprint density at radius 3 is 3.00 bits per heavy atom. The first-order valence-electron chi connectivity index (χ1n) is 5.79. The van der Waals surface area contributed by atoms with Gasteiger partial charge in [-0.25, -0.2) is 13.4 Å². The average molecular weight is 275 g/mol. The molecule has 96 valence electrons. The third-order valence-electron chi connectivity index (χ3n) is 3.00. The molecule has 1 aromatic rings. The first-order valence-corrected chi connectivity index (χ1v) is 8.43. The van der Waals surface area contributed by atoms with E-state index in [9.17, 15) is 13.5 Å². The zero-order valence-electron chi connectivity index (χ0n) is 9.80. The zero-order valence-corrected chi connectivity index (χ0v) is 11.4. The normalized spacial score (nSPS) is 25.6. The number of aromatic nitrogens is 1. The minimum Gasteiger partial charge on any atom is -0.388 e. The molecule has 0 aromatic carbocycles. The molecule has 2 rings (SSSR count). The molecule has 2 unspecified atom stereocenters. The molecule has 1 aromatic heterocycles. The summed E-state index contributed by atoms with van der Waals surface area (Å²) >= 11 is 1.48. The number of hydrogen-bond donors (Lipinski definition) is 1. The van der Waals surface area contributed by atoms with Crippen molar-refractivity contribution < 1.29 is 13.5 Å². The van der Waals surface area contributed by atoms with Gasteiger partial charge in [-0.1, -0.05) is 0 Å². The van der Waals surface area contributed by atoms with Gasteiger partial charge >= 0.3 is 0 Å². The molecule has 1 N–H and O–H groups in total. The Morgan fingerprint density at radius 1 is 1.65 bits per heavy atom. The Morgan fingerprint density at radius 2 is 2.41 bits per heavy atom. The summed E-state index contributed by atoms with van der Waals surface area (Å²) in [5.41, 5.74) is 0. The second kappa shape index (κ2) is 5.04. The van der Waals surface area contributed by atoms with Gasteiger partial charge in [0.15, 0.2) is 9.84 Å². The highest BCUT2D eigenvalue weighted by Crippen LogP contribution is 2.26. The lowest BCUT2D eigenvalue weighted by atomic mass is 10.0. The standard InChI is InChI=1S/C11H17NO3S2/c1-8(13)10-6-12-11(16-10)5-9-3-2-4-17(14,15)7-9/h6,8-9,13H,2-5,7H2,1H3. The van der Waals surface area contributed by atoms with E-state index in [1.54, 1.807) is 13.1 Å². The predicted octanol–water partition coefficient (Wildman–Crippen LogP) is 1.56. The molecule has 0 spiro atoms. The van der Waals surface area contributed by atoms with Gasteiger partial charge in [-0.2, -0.15) is 0 Å². The van der Waals surface area contributed by atoms with Gasteiger partial charge in [0.1, 0.15) is 0 Å². The number of sulfone groups is 1. The third kappa shape index (κ3) is 3.50. The Kier molecular flexibility index (Phi) is 3.85. The summed E-state index contributed by atoms with van der Waals surface area (Å²) in [6, 6.07) is 0. The van der Waals surface area contributed by atoms with Gasteiger partial charge in [-0.15, -0.1) is 11.3 Å². The Hall–Kier alpha value is -0.460. The van der Waals surface area contributed by atoms with E-state index in [-0.39, 0.29) is 11.7 Å². The lowest BCUT2D eigenvalue weighted by Gasteiger charge is -2.20. The van der Waals surface area contributed by atoms with Crippen LogP contribution in [0.1, 0.15) is 35.8 Å². The molecule has 0 saturated carbocycles. The molecular formula is C11H17NO3S2. The highest BCUT2D eigenvalue weighted by molar-refractivity contribution is 7.91. The maximum absolute atomic E-state index is 11.5. The third-order valence-corrected chi connectivity index (χ3v) is 6.08. The van der Waals surface area contributed by atoms with Gasteiger partial charge in [0.05, 0.1) is 27.5 Å². The van der Waals surface area contributed by atoms with Gasteiger partial charge < -0.3 is 5.11 Å². The lowest BCUT2D eigenvalue weighted by Crippen LogP contribution is -2.26. The number of hydrogen-bond acceptors (Lipinski definition) is 5. The first kappa shape index (κ1) is 13.0. The molecule has 1 fully saturated rings. The van der Waals surface area contributed by atoms with Crippen LogP contribution in [0.5, 0.6) is 0 Å². The molecule has 2 atom stereocenters. The quantitative estimate of drug-likeness (QED) is 0.909. The predicted molar refractivity (Wildman–Crippen MR) is 67.8 cm³/mol. The maximum Gasteiger partial charge on any atom is 0.150 e. The Labute approximate surface area is 106 Å². The van der Waals surface area contributed by atoms with E-state index in [0.29, 0.717) is 5.75 Å². The van der Waals surface area contributed by atoms with Crippen molar-refractivity contribution in [2.24, 2.45) is 5.92 Å². The molecular weight excluding hydrogens is 258 g/mol. The van der Waals surface area contributed by atoms with E-state index in [0.717, 1.165) is 29.1 Å². The fraction of sp³-hybridized carbons (Fsp3) is 0.727. The van der Waals surface area contributed by atoms with Crippen LogP contribution in [0.2, 0.25) is 0 Å². The molecule has 6 heteroatoms. The fourth-order valence-electron chi connectivity index (χ4n) is 2.14. The lowest BCUT2D eigenvalue weighted by molar-refractivity contribution is 0.203. The van der Waals surface area contributed by atoms with E-state index in [1.165, 1.54) is 11.3 Å². The van der Waals surface area contributed by atoms with Gasteiger partial charge in [-0.05, 0) is 25.7 Å². The molecule has 17 heavy (non-hydrogen) atoms. The molecule has 0 aliphatic carbocycles. The summed E-state index contributed by atoms with van der Waals surface area (Å²) < 4.78 is 23.0. The van der Waals surface area contributed by atoms with Crippen LogP contribution >= 0.6 is 11.3 Å². The molecule has 0 amide bonds. The molecule has 0 bridgehead atoms. The largest absolute Gasteiger partial charge is 0.388 e. The van der Waals surface area contributed by atoms with Gasteiger partial charge in [0, 0.05) is 12.6 Å². The minimum atomic E-state index is -2.83. The van der Waals surface area contributed by atoms with E-state index < -0.39 is 15.9 Å². The summed E-state index contributed by atoms with van der Waals surface area (Å²) in [4.78, 5) is 5.09. The number of rotatable bonds is 3. The van der Waals surface area contributed by atoms with Crippen molar-refractivity contribution in [3.05, 3.63) is 16.1 Å². The molecule has 4 nitrogen and oxygen atoms in total. The average Bonchev–Trinajstić information content (AvgIpc) is 2.64. The highest BCUT2D eigenvalue weighted by Gasteiger charge is 2.25. The van der Waals surface area contributed by atoms with Crippen LogP contribution in [-0.4, -0.2) is 30.0 Å². The Bertz CT molecular complexity index is 479. The molecule has 0 radical (unpaired) electrons. The molecule has 2 heterocycles. The molecule has 1 aliphatic heterocycles. The molecule has 1 aliphatic rings. The van der Waals surface area contributed by atoms with Crippen molar-refractivity contribution in [3.63, 3.8) is 0 Å². The van der Waals surface area contributed by atoms with E-state index in [4.69, 9.17) is 0 Å². The Balaban J connectivity index is 2.00. The van der Waals surface area contributed by atoms with Gasteiger partial charge in [0.2, 0.25) is 0 Å². The zero-order chi connectivity index (χ0) is 12.5. The first-order chi connectivity index (χ1) is 7.96. The van der Waals surface area contributed by atoms with Crippen LogP contribution in [-0.2, 0) is 16.3 Å². The van der Waals surface area contributed by atoms with E-state index in [1.807, 2.05) is 0 Å². The van der Waals surface area contributed by atoms with Crippen molar-refractivity contribution in [2.45, 2.75) is 32.3 Å². The summed E-state index contributed by atoms with van der Waals surface area (Å²) in [5.74, 6) is 0.818. The minimum absolute atomic E-state index is 0.196. The number of thiazole rings is 1. The summed E-state index contributed by atoms with van der Waals surface area (Å²) in [6.45, 7) is 1.71. The fourth-order valence-corrected chi connectivity index (χ4v) is 4.89. The summed E-state index contributed by atoms with van der Waals surface area (Å²) in [7, 11) is -2.83. The summed E-state index contributed by atoms with van der Waals surface area (Å²) in [6.07, 6.45) is 3.64. The second-order valence-corrected chi connectivity index (χ2v) is 8.03. The van der Waals surface area contributed by atoms with Crippen molar-refractivity contribution in [3.8, 4) is 0 Å². The van der Waals surface area contributed by atoms with Crippen molar-refractivity contribution in [1.82, 2.24) is 4.98 Å². The SMILES string of the molecule is CC(O)c1cnc(CC2CCCS(=O)(=O)C2)s1. The maximum atomic E-state index is 11.5. The monoisotopic (exact) mass is 275 g/mol. The van der Waals surface area contributed by atoms with Crippen LogP contribution in [0.25, 0.3) is 0 Å². The van der Waals surface area contributed by atoms with Gasteiger partial charge in [-0.3, -0.25) is 0 Å². The highest BCUT2D eigenvalue weighted by atomic mass is 32.2. The number of aliphatic hydroxyl groups excluding tert-OH is 1. The van der Waals surface area contributed by atoms with Crippen LogP contribution in [0.4, 0.5) is 0 Å². The number of aliphatic hydroxyl groups is 1. The van der Waals surface area contributed by atoms with Crippen molar-refractivity contribution in [1.29, 1.82) is 0 Å². The van der Waals surface area contributed by atoms with Crippen LogP contribution in [0.3, 0.4) is 0 Å². The molecule has 1 saturated heterocycles. The van der Waals surface area contributed by atoms with Crippen molar-refractivity contribution in [2.75, 3.05) is 11.5 Å². The van der Waals surface area contributed by atoms with Crippen LogP contribution in [0, 0.1) is 5.92 Å². The van der Waals surface area contributed by atoms with Gasteiger partial charge in [0.25, 0.3) is 0 Å². The van der Waals surface area contributed by atoms with Crippen molar-refractivity contribution >= 4 is 21.2 Å². The van der Waals surface area contributed by atoms with E-state index >= 15 is 0 Å². The van der Waals surface area contributed by atoms with E-state index in [2.05, 4.69) is 4.98 Å².